The van der Waals surface area contributed by atoms with E-state index in [9.17, 15) is 14.4 Å². The van der Waals surface area contributed by atoms with Crippen molar-refractivity contribution < 1.29 is 18.7 Å². The zero-order valence-electron chi connectivity index (χ0n) is 21.7. The molecule has 196 valence electrons. The summed E-state index contributed by atoms with van der Waals surface area (Å²) in [5.41, 5.74) is 4.24. The molecule has 2 aliphatic rings. The first kappa shape index (κ1) is 25.1. The Morgan fingerprint density at radius 1 is 1.05 bits per heavy atom. The summed E-state index contributed by atoms with van der Waals surface area (Å²) in [5.74, 6) is -1.50. The van der Waals surface area contributed by atoms with Gasteiger partial charge in [-0.3, -0.25) is 9.59 Å². The van der Waals surface area contributed by atoms with E-state index in [1.54, 1.807) is 30.4 Å². The van der Waals surface area contributed by atoms with Crippen LogP contribution in [0, 0.1) is 6.92 Å². The minimum Gasteiger partial charge on any atom is -0.464 e. The van der Waals surface area contributed by atoms with Gasteiger partial charge in [0.1, 0.15) is 12.2 Å². The van der Waals surface area contributed by atoms with Gasteiger partial charge in [0.25, 0.3) is 0 Å². The Labute approximate surface area is 229 Å². The van der Waals surface area contributed by atoms with Crippen LogP contribution in [0.5, 0.6) is 0 Å². The first-order chi connectivity index (χ1) is 18.9. The molecule has 0 saturated carbocycles. The first-order valence-corrected chi connectivity index (χ1v) is 13.8. The number of esters is 1. The van der Waals surface area contributed by atoms with Crippen molar-refractivity contribution >= 4 is 34.1 Å². The van der Waals surface area contributed by atoms with Crippen LogP contribution in [-0.4, -0.2) is 11.8 Å². The summed E-state index contributed by atoms with van der Waals surface area (Å²) in [4.78, 5) is 42.5. The third kappa shape index (κ3) is 4.63. The van der Waals surface area contributed by atoms with E-state index in [4.69, 9.17) is 9.15 Å². The molecule has 1 aliphatic carbocycles. The van der Waals surface area contributed by atoms with Crippen LogP contribution in [0.2, 0.25) is 0 Å². The van der Waals surface area contributed by atoms with Gasteiger partial charge < -0.3 is 14.5 Å². The van der Waals surface area contributed by atoms with E-state index in [1.807, 2.05) is 60.8 Å². The quantitative estimate of drug-likeness (QED) is 0.302. The number of thiophene rings is 1. The monoisotopic (exact) mass is 537 g/mol. The van der Waals surface area contributed by atoms with Crippen molar-refractivity contribution in [3.8, 4) is 0 Å². The number of carbonyl (C=O) groups excluding carboxylic acids is 2. The Balaban J connectivity index is 1.46. The number of benzene rings is 2. The van der Waals surface area contributed by atoms with Gasteiger partial charge in [-0.2, -0.15) is 0 Å². The van der Waals surface area contributed by atoms with Crippen LogP contribution < -0.4 is 10.7 Å². The van der Waals surface area contributed by atoms with Gasteiger partial charge in [-0.1, -0.05) is 48.0 Å². The fraction of sp³-hybridized carbons (Fsp3) is 0.219. The van der Waals surface area contributed by atoms with Crippen molar-refractivity contribution in [3.05, 3.63) is 127 Å². The maximum atomic E-state index is 13.9. The molecule has 6 rings (SSSR count). The van der Waals surface area contributed by atoms with Gasteiger partial charge in [-0.25, -0.2) is 4.79 Å². The molecule has 2 unspecified atom stereocenters. The zero-order valence-corrected chi connectivity index (χ0v) is 22.5. The van der Waals surface area contributed by atoms with Crippen molar-refractivity contribution in [1.29, 1.82) is 0 Å². The summed E-state index contributed by atoms with van der Waals surface area (Å²) in [6.45, 7) is 3.78. The largest absolute Gasteiger partial charge is 0.464 e. The number of Topliss-reactive ketones (excluding diaryl/α,β-unsaturated/α-hetero) is 1. The molecule has 0 spiro atoms. The number of aryl methyl sites for hydroxylation is 1. The van der Waals surface area contributed by atoms with Crippen LogP contribution in [0.15, 0.2) is 104 Å². The fourth-order valence-electron chi connectivity index (χ4n) is 5.61. The van der Waals surface area contributed by atoms with E-state index in [-0.39, 0.29) is 34.9 Å². The second-order valence-corrected chi connectivity index (χ2v) is 11.1. The molecule has 3 heterocycles. The summed E-state index contributed by atoms with van der Waals surface area (Å²) in [6, 6.07) is 18.8. The van der Waals surface area contributed by atoms with Crippen LogP contribution in [0.4, 0.5) is 0 Å². The molecule has 0 radical (unpaired) electrons. The average molecular weight is 538 g/mol. The van der Waals surface area contributed by atoms with Crippen molar-refractivity contribution in [1.82, 2.24) is 5.32 Å². The van der Waals surface area contributed by atoms with Crippen LogP contribution in [-0.2, 0) is 20.9 Å². The zero-order chi connectivity index (χ0) is 27.1. The number of allylic oxidation sites excluding steroid dienone is 3. The molecule has 1 aliphatic heterocycles. The summed E-state index contributed by atoms with van der Waals surface area (Å²) in [5, 5.41) is 5.77. The summed E-state index contributed by atoms with van der Waals surface area (Å²) in [6.07, 6.45) is 2.32. The molecule has 1 N–H and O–H groups in total. The highest BCUT2D eigenvalue weighted by Crippen LogP contribution is 2.46. The minimum absolute atomic E-state index is 0.0412. The van der Waals surface area contributed by atoms with E-state index >= 15 is 0 Å². The van der Waals surface area contributed by atoms with Crippen molar-refractivity contribution in [2.45, 2.75) is 45.1 Å². The molecule has 2 aromatic carbocycles. The fourth-order valence-corrected chi connectivity index (χ4v) is 6.44. The van der Waals surface area contributed by atoms with E-state index in [2.05, 4.69) is 5.32 Å². The van der Waals surface area contributed by atoms with Crippen LogP contribution in [0.1, 0.15) is 53.2 Å². The van der Waals surface area contributed by atoms with E-state index in [0.717, 1.165) is 21.7 Å². The predicted octanol–water partition coefficient (Wildman–Crippen LogP) is 6.27. The van der Waals surface area contributed by atoms with E-state index < -0.39 is 11.9 Å². The van der Waals surface area contributed by atoms with Gasteiger partial charge in [0.05, 0.1) is 23.1 Å². The third-order valence-electron chi connectivity index (χ3n) is 7.47. The molecule has 2 atom stereocenters. The standard InChI is InChI=1S/C32H27NO5S/c1-18-10-11-26-22(13-18)31(35)23(17-37-26)29-28(32(36)38-16-20-7-4-3-5-8-20)19(2)33-24-14-21(15-25(34)30(24)29)27-9-6-12-39-27/h3-13,17,21,29,33H,14-16H2,1-2H3. The van der Waals surface area contributed by atoms with Gasteiger partial charge in [-0.15, -0.1) is 11.3 Å². The minimum atomic E-state index is -0.887. The summed E-state index contributed by atoms with van der Waals surface area (Å²) in [7, 11) is 0. The Bertz CT molecular complexity index is 1710. The lowest BCUT2D eigenvalue weighted by Crippen LogP contribution is -2.37. The lowest BCUT2D eigenvalue weighted by Gasteiger charge is -2.36. The molecule has 4 aromatic rings. The van der Waals surface area contributed by atoms with Gasteiger partial charge in [0, 0.05) is 39.7 Å². The molecular formula is C32H27NO5S. The number of hydrogen-bond donors (Lipinski definition) is 1. The highest BCUT2D eigenvalue weighted by atomic mass is 32.1. The van der Waals surface area contributed by atoms with Gasteiger partial charge in [0.2, 0.25) is 0 Å². The Hall–Kier alpha value is -4.23. The highest BCUT2D eigenvalue weighted by molar-refractivity contribution is 7.10. The molecule has 0 saturated heterocycles. The Morgan fingerprint density at radius 3 is 2.64 bits per heavy atom. The second kappa shape index (κ2) is 10.2. The Kier molecular flexibility index (Phi) is 6.53. The van der Waals surface area contributed by atoms with Crippen LogP contribution in [0.25, 0.3) is 11.0 Å². The number of rotatable bonds is 5. The second-order valence-electron chi connectivity index (χ2n) is 10.1. The maximum absolute atomic E-state index is 13.9. The maximum Gasteiger partial charge on any atom is 0.337 e. The van der Waals surface area contributed by atoms with Gasteiger partial charge >= 0.3 is 5.97 Å². The Morgan fingerprint density at radius 2 is 1.87 bits per heavy atom. The topological polar surface area (TPSA) is 85.6 Å². The normalized spacial score (nSPS) is 19.2. The average Bonchev–Trinajstić information content (AvgIpc) is 3.47. The number of nitrogens with one attached hydrogen (secondary N) is 1. The smallest absolute Gasteiger partial charge is 0.337 e. The molecule has 0 fully saturated rings. The number of ketones is 1. The van der Waals surface area contributed by atoms with Crippen LogP contribution >= 0.6 is 11.3 Å². The molecule has 0 bridgehead atoms. The van der Waals surface area contributed by atoms with Crippen molar-refractivity contribution in [3.63, 3.8) is 0 Å². The SMILES string of the molecule is CC1=C(C(=O)OCc2ccccc2)C(c2coc3ccc(C)cc3c2=O)C2=C(CC(c3cccs3)CC2=O)N1. The van der Waals surface area contributed by atoms with E-state index in [1.165, 1.54) is 6.26 Å². The number of fused-ring (bicyclic) bond motifs is 1. The lowest BCUT2D eigenvalue weighted by molar-refractivity contribution is -0.140. The summed E-state index contributed by atoms with van der Waals surface area (Å²) >= 11 is 1.63. The van der Waals surface area contributed by atoms with E-state index in [0.29, 0.717) is 35.1 Å². The molecular weight excluding hydrogens is 510 g/mol. The van der Waals surface area contributed by atoms with Crippen molar-refractivity contribution in [2.75, 3.05) is 0 Å². The van der Waals surface area contributed by atoms with Gasteiger partial charge in [0.15, 0.2) is 11.2 Å². The molecule has 7 heteroatoms. The molecule has 2 aromatic heterocycles. The molecule has 39 heavy (non-hydrogen) atoms. The van der Waals surface area contributed by atoms with Crippen molar-refractivity contribution in [2.24, 2.45) is 0 Å². The number of hydrogen-bond acceptors (Lipinski definition) is 7. The number of carbonyl (C=O) groups is 2. The third-order valence-corrected chi connectivity index (χ3v) is 8.51. The lowest BCUT2D eigenvalue weighted by atomic mass is 9.73. The number of dihydropyridines is 1. The summed E-state index contributed by atoms with van der Waals surface area (Å²) < 4.78 is 11.6. The predicted molar refractivity (Wildman–Crippen MR) is 150 cm³/mol. The molecule has 0 amide bonds. The van der Waals surface area contributed by atoms with Crippen LogP contribution in [0.3, 0.4) is 0 Å². The highest BCUT2D eigenvalue weighted by Gasteiger charge is 2.43. The molecule has 6 nitrogen and oxygen atoms in total. The first-order valence-electron chi connectivity index (χ1n) is 12.9. The number of ether oxygens (including phenoxy) is 1. The van der Waals surface area contributed by atoms with Gasteiger partial charge in [-0.05, 0) is 49.4 Å².